The third-order valence-electron chi connectivity index (χ3n) is 2.26. The predicted molar refractivity (Wildman–Crippen MR) is 51.7 cm³/mol. The molecule has 0 spiro atoms. The smallest absolute Gasteiger partial charge is 0.238 e. The molecule has 1 nitrogen and oxygen atoms in total. The van der Waals surface area contributed by atoms with Crippen LogP contribution in [0.3, 0.4) is 0 Å². The van der Waals surface area contributed by atoms with E-state index in [1.165, 1.54) is 19.9 Å². The molecular formula is C11H11F2N. The molecule has 1 aromatic carbocycles. The first-order chi connectivity index (χ1) is 6.48. The average molecular weight is 195 g/mol. The lowest BCUT2D eigenvalue weighted by molar-refractivity contribution is 0.0694. The Bertz CT molecular complexity index is 364. The van der Waals surface area contributed by atoms with E-state index in [2.05, 4.69) is 4.85 Å². The molecule has 0 radical (unpaired) electrons. The van der Waals surface area contributed by atoms with E-state index in [0.717, 1.165) is 0 Å². The van der Waals surface area contributed by atoms with E-state index in [4.69, 9.17) is 6.57 Å². The van der Waals surface area contributed by atoms with Crippen molar-refractivity contribution in [2.24, 2.45) is 0 Å². The van der Waals surface area contributed by atoms with E-state index in [1.807, 2.05) is 0 Å². The molecule has 0 N–H and O–H groups in total. The first-order valence-electron chi connectivity index (χ1n) is 4.24. The van der Waals surface area contributed by atoms with Crippen molar-refractivity contribution in [2.45, 2.75) is 25.7 Å². The van der Waals surface area contributed by atoms with Gasteiger partial charge in [0.2, 0.25) is 6.43 Å². The van der Waals surface area contributed by atoms with Crippen LogP contribution in [-0.2, 0) is 5.41 Å². The van der Waals surface area contributed by atoms with Crippen molar-refractivity contribution in [1.82, 2.24) is 0 Å². The molecule has 0 aliphatic heterocycles. The molecule has 0 atom stereocenters. The Labute approximate surface area is 82.2 Å². The minimum atomic E-state index is -2.43. The van der Waals surface area contributed by atoms with Gasteiger partial charge in [0.15, 0.2) is 5.69 Å². The zero-order valence-electron chi connectivity index (χ0n) is 8.09. The SMILES string of the molecule is [C-]#[N+]c1cccc(C(C)(C)C(F)F)c1. The first kappa shape index (κ1) is 10.6. The minimum Gasteiger partial charge on any atom is -0.238 e. The largest absolute Gasteiger partial charge is 0.247 e. The van der Waals surface area contributed by atoms with Crippen LogP contribution in [0.5, 0.6) is 0 Å². The molecule has 0 heterocycles. The van der Waals surface area contributed by atoms with Gasteiger partial charge in [0.05, 0.1) is 6.57 Å². The summed E-state index contributed by atoms with van der Waals surface area (Å²) < 4.78 is 25.3. The highest BCUT2D eigenvalue weighted by Gasteiger charge is 2.31. The Morgan fingerprint density at radius 3 is 2.50 bits per heavy atom. The number of rotatable bonds is 2. The van der Waals surface area contributed by atoms with Crippen molar-refractivity contribution in [1.29, 1.82) is 0 Å². The maximum absolute atomic E-state index is 12.7. The number of hydrogen-bond acceptors (Lipinski definition) is 0. The summed E-state index contributed by atoms with van der Waals surface area (Å²) in [6.07, 6.45) is -2.43. The zero-order chi connectivity index (χ0) is 10.8. The number of halogens is 2. The number of alkyl halides is 2. The van der Waals surface area contributed by atoms with Crippen molar-refractivity contribution in [3.05, 3.63) is 41.2 Å². The molecule has 1 aromatic rings. The lowest BCUT2D eigenvalue weighted by Crippen LogP contribution is -2.26. The fourth-order valence-corrected chi connectivity index (χ4v) is 1.10. The van der Waals surface area contributed by atoms with Crippen molar-refractivity contribution in [3.8, 4) is 0 Å². The Hall–Kier alpha value is -1.43. The highest BCUT2D eigenvalue weighted by atomic mass is 19.3. The normalized spacial score (nSPS) is 11.4. The summed E-state index contributed by atoms with van der Waals surface area (Å²) in [4.78, 5) is 3.21. The van der Waals surface area contributed by atoms with Gasteiger partial charge in [-0.1, -0.05) is 38.1 Å². The molecular weight excluding hydrogens is 184 g/mol. The van der Waals surface area contributed by atoms with E-state index in [1.54, 1.807) is 18.2 Å². The van der Waals surface area contributed by atoms with Gasteiger partial charge in [-0.15, -0.1) is 0 Å². The van der Waals surface area contributed by atoms with E-state index >= 15 is 0 Å². The van der Waals surface area contributed by atoms with Gasteiger partial charge in [-0.2, -0.15) is 0 Å². The van der Waals surface area contributed by atoms with Crippen LogP contribution < -0.4 is 0 Å². The molecule has 1 rings (SSSR count). The Morgan fingerprint density at radius 1 is 1.36 bits per heavy atom. The summed E-state index contributed by atoms with van der Waals surface area (Å²) in [7, 11) is 0. The van der Waals surface area contributed by atoms with Gasteiger partial charge >= 0.3 is 0 Å². The van der Waals surface area contributed by atoms with E-state index in [9.17, 15) is 8.78 Å². The molecule has 0 saturated carbocycles. The lowest BCUT2D eigenvalue weighted by atomic mass is 9.85. The van der Waals surface area contributed by atoms with Crippen molar-refractivity contribution >= 4 is 5.69 Å². The van der Waals surface area contributed by atoms with Crippen LogP contribution in [0.4, 0.5) is 14.5 Å². The standard InChI is InChI=1S/C11H11F2N/c1-11(2,10(12)13)8-5-4-6-9(7-8)14-3/h4-7,10H,1-2H3. The zero-order valence-corrected chi connectivity index (χ0v) is 8.09. The summed E-state index contributed by atoms with van der Waals surface area (Å²) in [6, 6.07) is 6.38. The fourth-order valence-electron chi connectivity index (χ4n) is 1.10. The van der Waals surface area contributed by atoms with Crippen molar-refractivity contribution in [2.75, 3.05) is 0 Å². The van der Waals surface area contributed by atoms with Crippen LogP contribution in [0.2, 0.25) is 0 Å². The molecule has 0 saturated heterocycles. The maximum atomic E-state index is 12.7. The topological polar surface area (TPSA) is 4.36 Å². The number of hydrogen-bond donors (Lipinski definition) is 0. The molecule has 0 aromatic heterocycles. The molecule has 0 aliphatic carbocycles. The van der Waals surface area contributed by atoms with Crippen LogP contribution in [0, 0.1) is 6.57 Å². The third kappa shape index (κ3) is 1.90. The second-order valence-corrected chi connectivity index (χ2v) is 3.68. The fraction of sp³-hybridized carbons (Fsp3) is 0.364. The van der Waals surface area contributed by atoms with Crippen LogP contribution in [0.1, 0.15) is 19.4 Å². The van der Waals surface area contributed by atoms with Crippen LogP contribution >= 0.6 is 0 Å². The van der Waals surface area contributed by atoms with Gasteiger partial charge in [0.25, 0.3) is 0 Å². The minimum absolute atomic E-state index is 0.399. The molecule has 0 fully saturated rings. The molecule has 0 bridgehead atoms. The summed E-state index contributed by atoms with van der Waals surface area (Å²) in [6.45, 7) is 9.74. The van der Waals surface area contributed by atoms with E-state index in [-0.39, 0.29) is 0 Å². The van der Waals surface area contributed by atoms with Gasteiger partial charge in [0.1, 0.15) is 0 Å². The molecule has 0 amide bonds. The van der Waals surface area contributed by atoms with Crippen LogP contribution in [-0.4, -0.2) is 6.43 Å². The van der Waals surface area contributed by atoms with E-state index in [0.29, 0.717) is 11.3 Å². The summed E-state index contributed by atoms with van der Waals surface area (Å²) in [5.41, 5.74) is -0.294. The maximum Gasteiger partial charge on any atom is 0.247 e. The molecule has 74 valence electrons. The predicted octanol–water partition coefficient (Wildman–Crippen LogP) is 3.78. The highest BCUT2D eigenvalue weighted by molar-refractivity contribution is 5.48. The number of benzene rings is 1. The monoisotopic (exact) mass is 195 g/mol. The summed E-state index contributed by atoms with van der Waals surface area (Å²) in [5.74, 6) is 0. The molecule has 14 heavy (non-hydrogen) atoms. The van der Waals surface area contributed by atoms with Gasteiger partial charge in [-0.25, -0.2) is 13.6 Å². The molecule has 0 unspecified atom stereocenters. The molecule has 3 heteroatoms. The average Bonchev–Trinajstić information content (AvgIpc) is 2.17. The van der Waals surface area contributed by atoms with E-state index < -0.39 is 11.8 Å². The third-order valence-corrected chi connectivity index (χ3v) is 2.26. The quantitative estimate of drug-likeness (QED) is 0.632. The highest BCUT2D eigenvalue weighted by Crippen LogP contribution is 2.31. The van der Waals surface area contributed by atoms with Crippen LogP contribution in [0.15, 0.2) is 24.3 Å². The van der Waals surface area contributed by atoms with Crippen LogP contribution in [0.25, 0.3) is 4.85 Å². The van der Waals surface area contributed by atoms with Crippen molar-refractivity contribution < 1.29 is 8.78 Å². The summed E-state index contributed by atoms with van der Waals surface area (Å²) >= 11 is 0. The lowest BCUT2D eigenvalue weighted by Gasteiger charge is -2.24. The van der Waals surface area contributed by atoms with Gasteiger partial charge in [-0.3, -0.25) is 0 Å². The van der Waals surface area contributed by atoms with Gasteiger partial charge in [-0.05, 0) is 5.56 Å². The molecule has 0 aliphatic rings. The second kappa shape index (κ2) is 3.75. The van der Waals surface area contributed by atoms with Gasteiger partial charge < -0.3 is 0 Å². The van der Waals surface area contributed by atoms with Crippen molar-refractivity contribution in [3.63, 3.8) is 0 Å². The van der Waals surface area contributed by atoms with Gasteiger partial charge in [0, 0.05) is 5.41 Å². The summed E-state index contributed by atoms with van der Waals surface area (Å²) in [5, 5.41) is 0. The number of nitrogens with zero attached hydrogens (tertiary/aromatic N) is 1. The Morgan fingerprint density at radius 2 is 2.00 bits per heavy atom. The second-order valence-electron chi connectivity index (χ2n) is 3.68. The Balaban J connectivity index is 3.14. The Kier molecular flexibility index (Phi) is 2.85. The first-order valence-corrected chi connectivity index (χ1v) is 4.24.